The molecule has 0 saturated carbocycles. The molecule has 1 heterocycles. The molecule has 6 heteroatoms. The number of rotatable bonds is 4. The topological polar surface area (TPSA) is 48.3 Å². The van der Waals surface area contributed by atoms with Crippen molar-refractivity contribution >= 4 is 29.2 Å². The molecule has 2 aromatic rings. The highest BCUT2D eigenvalue weighted by atomic mass is 35.5. The largest absolute Gasteiger partial charge is 0.591 e. The number of aromatic nitrogens is 1. The van der Waals surface area contributed by atoms with E-state index in [2.05, 4.69) is 9.38 Å². The lowest BCUT2D eigenvalue weighted by molar-refractivity contribution is 0.561. The summed E-state index contributed by atoms with van der Waals surface area (Å²) in [7, 11) is 0. The molecule has 25 heavy (non-hydrogen) atoms. The van der Waals surface area contributed by atoms with Gasteiger partial charge in [-0.25, -0.2) is 9.37 Å². The minimum atomic E-state index is -1.33. The molecule has 0 aliphatic heterocycles. The van der Waals surface area contributed by atoms with E-state index in [0.29, 0.717) is 10.8 Å². The summed E-state index contributed by atoms with van der Waals surface area (Å²) < 4.78 is 29.1. The van der Waals surface area contributed by atoms with Crippen molar-refractivity contribution < 1.29 is 8.94 Å². The highest BCUT2D eigenvalue weighted by Crippen LogP contribution is 2.29. The van der Waals surface area contributed by atoms with Crippen LogP contribution >= 0.6 is 11.6 Å². The van der Waals surface area contributed by atoms with Gasteiger partial charge < -0.3 is 4.55 Å². The molecule has 134 valence electrons. The summed E-state index contributed by atoms with van der Waals surface area (Å²) in [5.41, 5.74) is 1.83. The number of benzene rings is 1. The van der Waals surface area contributed by atoms with Crippen LogP contribution in [0.5, 0.6) is 0 Å². The molecular formula is C19H22ClFN2OS. The second kappa shape index (κ2) is 7.44. The molecule has 3 nitrogen and oxygen atoms in total. The maximum atomic E-state index is 13.1. The Labute approximate surface area is 156 Å². The Kier molecular flexibility index (Phi) is 5.92. The third kappa shape index (κ3) is 5.27. The van der Waals surface area contributed by atoms with Crippen LogP contribution in [0.1, 0.15) is 40.2 Å². The summed E-state index contributed by atoms with van der Waals surface area (Å²) in [4.78, 5) is 4.32. The fourth-order valence-electron chi connectivity index (χ4n) is 2.05. The van der Waals surface area contributed by atoms with E-state index in [1.54, 1.807) is 24.4 Å². The molecule has 1 unspecified atom stereocenters. The Morgan fingerprint density at radius 1 is 1.12 bits per heavy atom. The molecule has 0 radical (unpaired) electrons. The van der Waals surface area contributed by atoms with Crippen molar-refractivity contribution in [1.82, 2.24) is 4.98 Å². The summed E-state index contributed by atoms with van der Waals surface area (Å²) in [6.45, 7) is 9.57. The van der Waals surface area contributed by atoms with E-state index in [1.807, 2.05) is 40.7 Å². The fraction of sp³-hybridized carbons (Fsp3) is 0.368. The van der Waals surface area contributed by atoms with E-state index in [-0.39, 0.29) is 5.82 Å². The van der Waals surface area contributed by atoms with Gasteiger partial charge in [0.25, 0.3) is 0 Å². The first-order valence-corrected chi connectivity index (χ1v) is 9.39. The number of pyridine rings is 1. The van der Waals surface area contributed by atoms with E-state index in [4.69, 9.17) is 11.6 Å². The quantitative estimate of drug-likeness (QED) is 0.407. The van der Waals surface area contributed by atoms with Crippen LogP contribution in [-0.2, 0) is 16.8 Å². The van der Waals surface area contributed by atoms with Crippen molar-refractivity contribution in [2.45, 2.75) is 44.8 Å². The first kappa shape index (κ1) is 19.9. The minimum Gasteiger partial charge on any atom is -0.591 e. The average Bonchev–Trinajstić information content (AvgIpc) is 2.51. The molecule has 0 spiro atoms. The minimum absolute atomic E-state index is 0.303. The van der Waals surface area contributed by atoms with Gasteiger partial charge >= 0.3 is 0 Å². The van der Waals surface area contributed by atoms with Crippen molar-refractivity contribution in [3.05, 3.63) is 52.9 Å². The van der Waals surface area contributed by atoms with Gasteiger partial charge in [0.05, 0.1) is 11.9 Å². The van der Waals surface area contributed by atoms with Crippen LogP contribution in [0.2, 0.25) is 5.15 Å². The zero-order valence-electron chi connectivity index (χ0n) is 15.0. The molecule has 1 aromatic heterocycles. The van der Waals surface area contributed by atoms with Crippen LogP contribution in [-0.4, -0.2) is 20.5 Å². The maximum Gasteiger partial charge on any atom is 0.144 e. The Morgan fingerprint density at radius 3 is 2.28 bits per heavy atom. The Balaban J connectivity index is 2.38. The molecule has 0 aliphatic carbocycles. The second-order valence-electron chi connectivity index (χ2n) is 7.39. The van der Waals surface area contributed by atoms with Crippen molar-refractivity contribution in [2.75, 3.05) is 0 Å². The van der Waals surface area contributed by atoms with Crippen LogP contribution < -0.4 is 0 Å². The zero-order chi connectivity index (χ0) is 18.8. The summed E-state index contributed by atoms with van der Waals surface area (Å²) in [6, 6.07) is 9.75. The number of hydrogen-bond acceptors (Lipinski definition) is 3. The van der Waals surface area contributed by atoms with Crippen LogP contribution in [0.3, 0.4) is 0 Å². The van der Waals surface area contributed by atoms with Gasteiger partial charge in [-0.3, -0.25) is 0 Å². The van der Waals surface area contributed by atoms with Gasteiger partial charge in [0.15, 0.2) is 0 Å². The van der Waals surface area contributed by atoms with Crippen molar-refractivity contribution in [1.29, 1.82) is 0 Å². The summed E-state index contributed by atoms with van der Waals surface area (Å²) in [5.74, 6) is -0.303. The van der Waals surface area contributed by atoms with E-state index < -0.39 is 21.5 Å². The monoisotopic (exact) mass is 380 g/mol. The molecule has 0 aliphatic rings. The molecular weight excluding hydrogens is 359 g/mol. The van der Waals surface area contributed by atoms with E-state index in [1.165, 1.54) is 12.1 Å². The number of hydrogen-bond donors (Lipinski definition) is 0. The Morgan fingerprint density at radius 2 is 1.72 bits per heavy atom. The van der Waals surface area contributed by atoms with E-state index in [0.717, 1.165) is 11.1 Å². The lowest BCUT2D eigenvalue weighted by Gasteiger charge is -2.23. The highest BCUT2D eigenvalue weighted by Gasteiger charge is 2.28. The third-order valence-electron chi connectivity index (χ3n) is 3.67. The average molecular weight is 381 g/mol. The smallest absolute Gasteiger partial charge is 0.144 e. The van der Waals surface area contributed by atoms with Gasteiger partial charge in [0, 0.05) is 11.0 Å². The molecule has 0 amide bonds. The molecule has 1 atom stereocenters. The van der Waals surface area contributed by atoms with Crippen LogP contribution in [0, 0.1) is 5.82 Å². The fourth-order valence-corrected chi connectivity index (χ4v) is 2.93. The Hall–Kier alpha value is -1.43. The molecule has 1 aromatic carbocycles. The molecule has 0 N–H and O–H groups in total. The molecule has 0 saturated heterocycles. The number of halogens is 2. The summed E-state index contributed by atoms with van der Waals surface area (Å²) in [6.07, 6.45) is 1.69. The van der Waals surface area contributed by atoms with Gasteiger partial charge in [-0.15, -0.1) is 0 Å². The molecule has 2 rings (SSSR count). The SMILES string of the molecule is CC(C)(C=N[S+]([O-])C(C)(C)C)c1cc(Cl)nc(-c2ccc(F)cc2)c1. The Bertz CT molecular complexity index is 770. The van der Waals surface area contributed by atoms with Gasteiger partial charge in [0.2, 0.25) is 0 Å². The van der Waals surface area contributed by atoms with E-state index in [9.17, 15) is 8.94 Å². The summed E-state index contributed by atoms with van der Waals surface area (Å²) in [5, 5.41) is 0.343. The first-order chi connectivity index (χ1) is 11.5. The van der Waals surface area contributed by atoms with Crippen LogP contribution in [0.4, 0.5) is 4.39 Å². The zero-order valence-corrected chi connectivity index (χ0v) is 16.6. The normalized spacial score (nSPS) is 14.1. The lowest BCUT2D eigenvalue weighted by Crippen LogP contribution is -2.28. The molecule has 0 bridgehead atoms. The standard InChI is InChI=1S/C19H22ClFN2OS/c1-18(2,3)25(24)22-12-19(4,5)14-10-16(23-17(20)11-14)13-6-8-15(21)9-7-13/h6-12H,1-5H3. The van der Waals surface area contributed by atoms with Gasteiger partial charge in [-0.05, 0) is 62.7 Å². The summed E-state index contributed by atoms with van der Waals surface area (Å²) >= 11 is 4.86. The van der Waals surface area contributed by atoms with Gasteiger partial charge in [-0.2, -0.15) is 0 Å². The van der Waals surface area contributed by atoms with E-state index >= 15 is 0 Å². The maximum absolute atomic E-state index is 13.1. The van der Waals surface area contributed by atoms with Gasteiger partial charge in [0.1, 0.15) is 27.1 Å². The predicted molar refractivity (Wildman–Crippen MR) is 104 cm³/mol. The van der Waals surface area contributed by atoms with Crippen molar-refractivity contribution in [2.24, 2.45) is 4.40 Å². The highest BCUT2D eigenvalue weighted by molar-refractivity contribution is 7.91. The second-order valence-corrected chi connectivity index (χ2v) is 9.71. The van der Waals surface area contributed by atoms with Crippen molar-refractivity contribution in [3.8, 4) is 11.3 Å². The van der Waals surface area contributed by atoms with Crippen molar-refractivity contribution in [3.63, 3.8) is 0 Å². The third-order valence-corrected chi connectivity index (χ3v) is 5.21. The molecule has 0 fully saturated rings. The lowest BCUT2D eigenvalue weighted by atomic mass is 9.86. The first-order valence-electron chi connectivity index (χ1n) is 7.90. The number of nitrogens with zero attached hydrogens (tertiary/aromatic N) is 2. The van der Waals surface area contributed by atoms with Crippen LogP contribution in [0.15, 0.2) is 40.8 Å². The van der Waals surface area contributed by atoms with Crippen LogP contribution in [0.25, 0.3) is 11.3 Å². The van der Waals surface area contributed by atoms with Gasteiger partial charge in [-0.1, -0.05) is 29.8 Å². The predicted octanol–water partition coefficient (Wildman–Crippen LogP) is 5.35.